The Morgan fingerprint density at radius 3 is 2.93 bits per heavy atom. The highest BCUT2D eigenvalue weighted by molar-refractivity contribution is 6.30. The Morgan fingerprint density at radius 1 is 1.40 bits per heavy atom. The van der Waals surface area contributed by atoms with Crippen molar-refractivity contribution in [1.29, 1.82) is 0 Å². The highest BCUT2D eigenvalue weighted by Gasteiger charge is 2.20. The summed E-state index contributed by atoms with van der Waals surface area (Å²) in [7, 11) is 1.69. The summed E-state index contributed by atoms with van der Waals surface area (Å²) in [6.45, 7) is 2.69. The van der Waals surface area contributed by atoms with Gasteiger partial charge in [0.15, 0.2) is 0 Å². The van der Waals surface area contributed by atoms with Gasteiger partial charge in [-0.05, 0) is 19.3 Å². The third kappa shape index (κ3) is 2.13. The number of hydrogen-bond acceptors (Lipinski definition) is 3. The molecule has 1 aromatic rings. The molecule has 1 aromatic heterocycles. The number of aromatic nitrogens is 2. The maximum Gasteiger partial charge on any atom is 0.136 e. The fraction of sp³-hybridized carbons (Fsp3) is 0.636. The van der Waals surface area contributed by atoms with Gasteiger partial charge in [-0.25, -0.2) is 9.97 Å². The van der Waals surface area contributed by atoms with Gasteiger partial charge < -0.3 is 4.74 Å². The lowest BCUT2D eigenvalue weighted by Gasteiger charge is -2.11. The monoisotopic (exact) mass is 226 g/mol. The van der Waals surface area contributed by atoms with Crippen LogP contribution in [0, 0.1) is 0 Å². The molecule has 0 amide bonds. The first-order chi connectivity index (χ1) is 7.22. The molecule has 0 aliphatic heterocycles. The summed E-state index contributed by atoms with van der Waals surface area (Å²) in [6.07, 6.45) is 3.20. The minimum absolute atomic E-state index is 0.207. The maximum atomic E-state index is 6.13. The smallest absolute Gasteiger partial charge is 0.136 e. The van der Waals surface area contributed by atoms with E-state index in [0.29, 0.717) is 11.8 Å². The summed E-state index contributed by atoms with van der Waals surface area (Å²) >= 11 is 6.13. The van der Waals surface area contributed by atoms with Crippen LogP contribution in [0.4, 0.5) is 0 Å². The molecular weight excluding hydrogens is 212 g/mol. The molecule has 0 N–H and O–H groups in total. The van der Waals surface area contributed by atoms with Gasteiger partial charge in [0.05, 0.1) is 6.61 Å². The molecule has 0 spiro atoms. The largest absolute Gasteiger partial charge is 0.384 e. The van der Waals surface area contributed by atoms with Gasteiger partial charge >= 0.3 is 0 Å². The van der Waals surface area contributed by atoms with Crippen molar-refractivity contribution in [3.05, 3.63) is 22.2 Å². The second-order valence-corrected chi connectivity index (χ2v) is 4.37. The molecule has 0 aromatic carbocycles. The van der Waals surface area contributed by atoms with Crippen molar-refractivity contribution in [2.24, 2.45) is 0 Å². The highest BCUT2D eigenvalue weighted by Crippen LogP contribution is 2.27. The van der Waals surface area contributed by atoms with Gasteiger partial charge in [-0.2, -0.15) is 0 Å². The van der Waals surface area contributed by atoms with Gasteiger partial charge in [0.1, 0.15) is 11.0 Å². The average molecular weight is 227 g/mol. The van der Waals surface area contributed by atoms with Crippen LogP contribution in [-0.4, -0.2) is 23.7 Å². The van der Waals surface area contributed by atoms with E-state index in [-0.39, 0.29) is 5.92 Å². The van der Waals surface area contributed by atoms with E-state index in [1.54, 1.807) is 7.11 Å². The molecule has 2 rings (SSSR count). The van der Waals surface area contributed by atoms with Gasteiger partial charge in [0.2, 0.25) is 0 Å². The van der Waals surface area contributed by atoms with Crippen LogP contribution in [0.15, 0.2) is 0 Å². The predicted molar refractivity (Wildman–Crippen MR) is 59.4 cm³/mol. The van der Waals surface area contributed by atoms with Crippen LogP contribution in [0.25, 0.3) is 0 Å². The van der Waals surface area contributed by atoms with Crippen LogP contribution in [0.2, 0.25) is 5.15 Å². The second kappa shape index (κ2) is 4.45. The van der Waals surface area contributed by atoms with Crippen molar-refractivity contribution >= 4 is 11.6 Å². The van der Waals surface area contributed by atoms with Crippen LogP contribution < -0.4 is 0 Å². The number of rotatable bonds is 3. The molecule has 0 saturated heterocycles. The Kier molecular flexibility index (Phi) is 3.22. The standard InChI is InChI=1S/C11H15ClN2O/c1-7(6-15-2)11-13-9-5-3-4-8(9)10(12)14-11/h7H,3-6H2,1-2H3. The maximum absolute atomic E-state index is 6.13. The number of fused-ring (bicyclic) bond motifs is 1. The van der Waals surface area contributed by atoms with Crippen molar-refractivity contribution in [3.8, 4) is 0 Å². The molecule has 3 nitrogen and oxygen atoms in total. The fourth-order valence-corrected chi connectivity index (χ4v) is 2.24. The average Bonchev–Trinajstić information content (AvgIpc) is 2.66. The van der Waals surface area contributed by atoms with Crippen molar-refractivity contribution in [2.75, 3.05) is 13.7 Å². The van der Waals surface area contributed by atoms with Gasteiger partial charge in [-0.15, -0.1) is 0 Å². The molecular formula is C11H15ClN2O. The molecule has 0 saturated carbocycles. The molecule has 1 unspecified atom stereocenters. The molecule has 1 aliphatic rings. The first kappa shape index (κ1) is 10.8. The summed E-state index contributed by atoms with van der Waals surface area (Å²) in [5.41, 5.74) is 2.28. The lowest BCUT2D eigenvalue weighted by atomic mass is 10.1. The third-order valence-electron chi connectivity index (χ3n) is 2.76. The van der Waals surface area contributed by atoms with Crippen LogP contribution >= 0.6 is 11.6 Å². The lowest BCUT2D eigenvalue weighted by Crippen LogP contribution is -2.09. The molecule has 0 fully saturated rings. The quantitative estimate of drug-likeness (QED) is 0.743. The zero-order valence-electron chi connectivity index (χ0n) is 9.09. The predicted octanol–water partition coefficient (Wildman–Crippen LogP) is 2.37. The Hall–Kier alpha value is -0.670. The number of ether oxygens (including phenoxy) is 1. The van der Waals surface area contributed by atoms with Gasteiger partial charge in [-0.3, -0.25) is 0 Å². The summed E-state index contributed by atoms with van der Waals surface area (Å²) in [4.78, 5) is 8.89. The number of aryl methyl sites for hydroxylation is 1. The summed E-state index contributed by atoms with van der Waals surface area (Å²) in [5, 5.41) is 0.635. The van der Waals surface area contributed by atoms with Crippen LogP contribution in [0.1, 0.15) is 36.3 Å². The Morgan fingerprint density at radius 2 is 2.20 bits per heavy atom. The van der Waals surface area contributed by atoms with Crippen molar-refractivity contribution < 1.29 is 4.74 Å². The third-order valence-corrected chi connectivity index (χ3v) is 3.07. The van der Waals surface area contributed by atoms with Gasteiger partial charge in [0, 0.05) is 24.3 Å². The minimum atomic E-state index is 0.207. The molecule has 4 heteroatoms. The summed E-state index contributed by atoms with van der Waals surface area (Å²) in [5.74, 6) is 1.01. The van der Waals surface area contributed by atoms with Crippen molar-refractivity contribution in [1.82, 2.24) is 9.97 Å². The SMILES string of the molecule is COCC(C)c1nc(Cl)c2c(n1)CCC2. The van der Waals surface area contributed by atoms with Crippen molar-refractivity contribution in [3.63, 3.8) is 0 Å². The van der Waals surface area contributed by atoms with E-state index in [1.165, 1.54) is 0 Å². The van der Waals surface area contributed by atoms with E-state index < -0.39 is 0 Å². The van der Waals surface area contributed by atoms with Gasteiger partial charge in [-0.1, -0.05) is 18.5 Å². The first-order valence-corrected chi connectivity index (χ1v) is 5.64. The molecule has 1 aliphatic carbocycles. The molecule has 1 heterocycles. The number of hydrogen-bond donors (Lipinski definition) is 0. The van der Waals surface area contributed by atoms with Gasteiger partial charge in [0.25, 0.3) is 0 Å². The second-order valence-electron chi connectivity index (χ2n) is 4.01. The molecule has 1 atom stereocenters. The van der Waals surface area contributed by atoms with Crippen LogP contribution in [-0.2, 0) is 17.6 Å². The molecule has 82 valence electrons. The number of methoxy groups -OCH3 is 1. The topological polar surface area (TPSA) is 35.0 Å². The Balaban J connectivity index is 2.30. The Labute approximate surface area is 94.8 Å². The van der Waals surface area contributed by atoms with E-state index in [9.17, 15) is 0 Å². The minimum Gasteiger partial charge on any atom is -0.384 e. The number of nitrogens with zero attached hydrogens (tertiary/aromatic N) is 2. The highest BCUT2D eigenvalue weighted by atomic mass is 35.5. The van der Waals surface area contributed by atoms with E-state index in [2.05, 4.69) is 16.9 Å². The van der Waals surface area contributed by atoms with E-state index >= 15 is 0 Å². The Bertz CT molecular complexity index is 368. The fourth-order valence-electron chi connectivity index (χ4n) is 1.95. The summed E-state index contributed by atoms with van der Waals surface area (Å²) < 4.78 is 5.09. The van der Waals surface area contributed by atoms with E-state index in [0.717, 1.165) is 36.3 Å². The molecule has 0 radical (unpaired) electrons. The number of halogens is 1. The van der Waals surface area contributed by atoms with Crippen molar-refractivity contribution in [2.45, 2.75) is 32.1 Å². The normalized spacial score (nSPS) is 16.5. The lowest BCUT2D eigenvalue weighted by molar-refractivity contribution is 0.181. The van der Waals surface area contributed by atoms with E-state index in [1.807, 2.05) is 0 Å². The first-order valence-electron chi connectivity index (χ1n) is 5.26. The van der Waals surface area contributed by atoms with E-state index in [4.69, 9.17) is 16.3 Å². The zero-order valence-corrected chi connectivity index (χ0v) is 9.84. The zero-order chi connectivity index (χ0) is 10.8. The summed E-state index contributed by atoms with van der Waals surface area (Å²) in [6, 6.07) is 0. The molecule has 0 bridgehead atoms. The molecule has 15 heavy (non-hydrogen) atoms. The van der Waals surface area contributed by atoms with Crippen LogP contribution in [0.5, 0.6) is 0 Å². The van der Waals surface area contributed by atoms with Crippen LogP contribution in [0.3, 0.4) is 0 Å².